The lowest BCUT2D eigenvalue weighted by Gasteiger charge is -2.14. The molecule has 0 bridgehead atoms. The molecule has 0 aliphatic heterocycles. The van der Waals surface area contributed by atoms with Gasteiger partial charge in [-0.1, -0.05) is 11.6 Å². The van der Waals surface area contributed by atoms with Gasteiger partial charge in [-0.05, 0) is 19.2 Å². The van der Waals surface area contributed by atoms with Gasteiger partial charge < -0.3 is 5.32 Å². The summed E-state index contributed by atoms with van der Waals surface area (Å²) in [4.78, 5) is 3.92. The van der Waals surface area contributed by atoms with E-state index in [9.17, 15) is 0 Å². The largest absolute Gasteiger partial charge is 0.380 e. The molecule has 1 aromatic rings. The quantitative estimate of drug-likeness (QED) is 0.838. The van der Waals surface area contributed by atoms with Crippen LogP contribution in [0.2, 0.25) is 5.02 Å². The third-order valence-electron chi connectivity index (χ3n) is 1.59. The van der Waals surface area contributed by atoms with Gasteiger partial charge >= 0.3 is 0 Å². The van der Waals surface area contributed by atoms with Gasteiger partial charge in [0.2, 0.25) is 0 Å². The number of pyridine rings is 1. The van der Waals surface area contributed by atoms with Crippen LogP contribution in [0.15, 0.2) is 18.5 Å². The topological polar surface area (TPSA) is 24.9 Å². The molecule has 4 heteroatoms. The summed E-state index contributed by atoms with van der Waals surface area (Å²) < 4.78 is 0. The third-order valence-corrected chi connectivity index (χ3v) is 2.73. The van der Waals surface area contributed by atoms with Gasteiger partial charge in [-0.2, -0.15) is 11.8 Å². The van der Waals surface area contributed by atoms with E-state index in [-0.39, 0.29) is 0 Å². The highest BCUT2D eigenvalue weighted by Gasteiger charge is 2.03. The molecule has 72 valence electrons. The van der Waals surface area contributed by atoms with Crippen LogP contribution < -0.4 is 5.32 Å². The molecule has 0 saturated heterocycles. The maximum atomic E-state index is 5.94. The zero-order valence-corrected chi connectivity index (χ0v) is 9.32. The smallest absolute Gasteiger partial charge is 0.0820 e. The molecule has 0 radical (unpaired) electrons. The van der Waals surface area contributed by atoms with Crippen LogP contribution >= 0.6 is 23.4 Å². The zero-order valence-electron chi connectivity index (χ0n) is 7.75. The Labute approximate surface area is 88.1 Å². The van der Waals surface area contributed by atoms with Gasteiger partial charge in [0.05, 0.1) is 10.7 Å². The minimum Gasteiger partial charge on any atom is -0.380 e. The van der Waals surface area contributed by atoms with Crippen molar-refractivity contribution < 1.29 is 0 Å². The van der Waals surface area contributed by atoms with Crippen molar-refractivity contribution >= 4 is 29.1 Å². The first-order valence-corrected chi connectivity index (χ1v) is 5.86. The minimum absolute atomic E-state index is 0.426. The van der Waals surface area contributed by atoms with E-state index >= 15 is 0 Å². The lowest BCUT2D eigenvalue weighted by atomic mass is 10.3. The molecule has 1 unspecified atom stereocenters. The van der Waals surface area contributed by atoms with E-state index in [0.29, 0.717) is 11.1 Å². The zero-order chi connectivity index (χ0) is 9.68. The first kappa shape index (κ1) is 10.7. The Bertz CT molecular complexity index is 268. The number of thioether (sulfide) groups is 1. The number of nitrogens with one attached hydrogen (secondary N) is 1. The first-order chi connectivity index (χ1) is 6.24. The molecular formula is C9H13ClN2S. The Morgan fingerprint density at radius 1 is 1.69 bits per heavy atom. The summed E-state index contributed by atoms with van der Waals surface area (Å²) in [6.07, 6.45) is 5.47. The molecule has 1 rings (SSSR count). The highest BCUT2D eigenvalue weighted by atomic mass is 35.5. The molecule has 0 aliphatic carbocycles. The second-order valence-corrected chi connectivity index (χ2v) is 4.17. The van der Waals surface area contributed by atoms with Gasteiger partial charge in [0.1, 0.15) is 0 Å². The molecule has 2 nitrogen and oxygen atoms in total. The van der Waals surface area contributed by atoms with Gasteiger partial charge in [0, 0.05) is 24.2 Å². The number of halogens is 1. The highest BCUT2D eigenvalue weighted by molar-refractivity contribution is 7.98. The molecule has 1 aromatic heterocycles. The van der Waals surface area contributed by atoms with Crippen molar-refractivity contribution in [2.75, 3.05) is 17.3 Å². The van der Waals surface area contributed by atoms with Crippen molar-refractivity contribution in [1.82, 2.24) is 4.98 Å². The number of hydrogen-bond donors (Lipinski definition) is 1. The summed E-state index contributed by atoms with van der Waals surface area (Å²) in [7, 11) is 0. The van der Waals surface area contributed by atoms with Crippen LogP contribution in [0.1, 0.15) is 6.92 Å². The third kappa shape index (κ3) is 3.44. The Morgan fingerprint density at radius 2 is 2.46 bits per heavy atom. The predicted octanol–water partition coefficient (Wildman–Crippen LogP) is 2.90. The summed E-state index contributed by atoms with van der Waals surface area (Å²) in [5.74, 6) is 1.07. The lowest BCUT2D eigenvalue weighted by molar-refractivity contribution is 0.913. The number of hydrogen-bond acceptors (Lipinski definition) is 3. The second-order valence-electron chi connectivity index (χ2n) is 2.86. The SMILES string of the molecule is CSCC(C)Nc1ccncc1Cl. The van der Waals surface area contributed by atoms with Crippen LogP contribution in [0, 0.1) is 0 Å². The summed E-state index contributed by atoms with van der Waals surface area (Å²) in [6.45, 7) is 2.13. The predicted molar refractivity (Wildman–Crippen MR) is 60.7 cm³/mol. The summed E-state index contributed by atoms with van der Waals surface area (Å²) >= 11 is 7.75. The Hall–Kier alpha value is -0.410. The average Bonchev–Trinajstić information content (AvgIpc) is 2.09. The summed E-state index contributed by atoms with van der Waals surface area (Å²) in [6, 6.07) is 2.31. The van der Waals surface area contributed by atoms with Crippen LogP contribution in [0.3, 0.4) is 0 Å². The fourth-order valence-corrected chi connectivity index (χ4v) is 1.81. The summed E-state index contributed by atoms with van der Waals surface area (Å²) in [5.41, 5.74) is 0.957. The second kappa shape index (κ2) is 5.35. The number of rotatable bonds is 4. The molecule has 0 saturated carbocycles. The van der Waals surface area contributed by atoms with Gasteiger partial charge in [-0.3, -0.25) is 4.98 Å². The van der Waals surface area contributed by atoms with E-state index in [0.717, 1.165) is 11.4 Å². The maximum Gasteiger partial charge on any atom is 0.0820 e. The molecule has 1 atom stereocenters. The molecule has 1 heterocycles. The maximum absolute atomic E-state index is 5.94. The molecule has 13 heavy (non-hydrogen) atoms. The van der Waals surface area contributed by atoms with E-state index in [1.54, 1.807) is 12.4 Å². The van der Waals surface area contributed by atoms with Crippen molar-refractivity contribution in [3.8, 4) is 0 Å². The van der Waals surface area contributed by atoms with E-state index in [4.69, 9.17) is 11.6 Å². The van der Waals surface area contributed by atoms with Crippen LogP contribution in [0.4, 0.5) is 5.69 Å². The van der Waals surface area contributed by atoms with Crippen molar-refractivity contribution in [3.63, 3.8) is 0 Å². The molecule has 0 aromatic carbocycles. The van der Waals surface area contributed by atoms with Crippen LogP contribution in [-0.4, -0.2) is 23.0 Å². The molecule has 0 fully saturated rings. The van der Waals surface area contributed by atoms with Crippen molar-refractivity contribution in [2.45, 2.75) is 13.0 Å². The average molecular weight is 217 g/mol. The molecular weight excluding hydrogens is 204 g/mol. The van der Waals surface area contributed by atoms with Crippen LogP contribution in [0.25, 0.3) is 0 Å². The Balaban J connectivity index is 2.58. The van der Waals surface area contributed by atoms with Gasteiger partial charge in [-0.25, -0.2) is 0 Å². The van der Waals surface area contributed by atoms with E-state index in [2.05, 4.69) is 23.5 Å². The van der Waals surface area contributed by atoms with E-state index < -0.39 is 0 Å². The molecule has 0 amide bonds. The van der Waals surface area contributed by atoms with E-state index in [1.807, 2.05) is 17.8 Å². The highest BCUT2D eigenvalue weighted by Crippen LogP contribution is 2.20. The first-order valence-electron chi connectivity index (χ1n) is 4.09. The molecule has 1 N–H and O–H groups in total. The van der Waals surface area contributed by atoms with Crippen LogP contribution in [-0.2, 0) is 0 Å². The van der Waals surface area contributed by atoms with Crippen molar-refractivity contribution in [2.24, 2.45) is 0 Å². The minimum atomic E-state index is 0.426. The van der Waals surface area contributed by atoms with Gasteiger partial charge in [0.15, 0.2) is 0 Å². The van der Waals surface area contributed by atoms with Gasteiger partial charge in [-0.15, -0.1) is 0 Å². The number of nitrogens with zero attached hydrogens (tertiary/aromatic N) is 1. The Kier molecular flexibility index (Phi) is 4.39. The van der Waals surface area contributed by atoms with Crippen molar-refractivity contribution in [3.05, 3.63) is 23.5 Å². The standard InChI is InChI=1S/C9H13ClN2S/c1-7(6-13-2)12-9-3-4-11-5-8(9)10/h3-5,7H,6H2,1-2H3,(H,11,12). The van der Waals surface area contributed by atoms with E-state index in [1.165, 1.54) is 0 Å². The monoisotopic (exact) mass is 216 g/mol. The molecule has 0 spiro atoms. The normalized spacial score (nSPS) is 12.5. The Morgan fingerprint density at radius 3 is 3.08 bits per heavy atom. The number of aromatic nitrogens is 1. The van der Waals surface area contributed by atoms with Crippen molar-refractivity contribution in [1.29, 1.82) is 0 Å². The molecule has 0 aliphatic rings. The number of anilines is 1. The van der Waals surface area contributed by atoms with Gasteiger partial charge in [0.25, 0.3) is 0 Å². The fraction of sp³-hybridized carbons (Fsp3) is 0.444. The fourth-order valence-electron chi connectivity index (χ4n) is 1.05. The lowest BCUT2D eigenvalue weighted by Crippen LogP contribution is -2.17. The van der Waals surface area contributed by atoms with Crippen LogP contribution in [0.5, 0.6) is 0 Å². The summed E-state index contributed by atoms with van der Waals surface area (Å²) in [5, 5.41) is 3.99.